The number of nitriles is 1. The van der Waals surface area contributed by atoms with E-state index < -0.39 is 0 Å². The molecule has 2 fully saturated rings. The minimum Gasteiger partial charge on any atom is -0.355 e. The summed E-state index contributed by atoms with van der Waals surface area (Å²) in [6, 6.07) is 7.26. The van der Waals surface area contributed by atoms with Crippen LogP contribution in [0.2, 0.25) is 0 Å². The van der Waals surface area contributed by atoms with E-state index in [1.165, 1.54) is 17.9 Å². The van der Waals surface area contributed by atoms with Crippen LogP contribution < -0.4 is 10.2 Å². The van der Waals surface area contributed by atoms with Gasteiger partial charge in [-0.2, -0.15) is 17.0 Å². The van der Waals surface area contributed by atoms with Gasteiger partial charge in [-0.15, -0.1) is 0 Å². The molecule has 3 heterocycles. The quantitative estimate of drug-likeness (QED) is 0.922. The predicted molar refractivity (Wildman–Crippen MR) is 83.1 cm³/mol. The zero-order valence-electron chi connectivity index (χ0n) is 11.6. The van der Waals surface area contributed by atoms with Gasteiger partial charge in [-0.25, -0.2) is 4.98 Å². The van der Waals surface area contributed by atoms with Crippen LogP contribution in [0.1, 0.15) is 24.8 Å². The molecule has 1 aromatic rings. The van der Waals surface area contributed by atoms with E-state index in [0.29, 0.717) is 17.6 Å². The molecule has 0 amide bonds. The van der Waals surface area contributed by atoms with Crippen molar-refractivity contribution in [2.75, 3.05) is 29.5 Å². The summed E-state index contributed by atoms with van der Waals surface area (Å²) in [5.41, 5.74) is 0.686. The van der Waals surface area contributed by atoms with E-state index in [0.717, 1.165) is 31.7 Å². The molecule has 0 aromatic carbocycles. The van der Waals surface area contributed by atoms with Gasteiger partial charge in [0.05, 0.1) is 5.56 Å². The molecule has 106 valence electrons. The second-order valence-corrected chi connectivity index (χ2v) is 6.62. The van der Waals surface area contributed by atoms with Gasteiger partial charge in [0.25, 0.3) is 0 Å². The Bertz CT molecular complexity index is 485. The fourth-order valence-electron chi connectivity index (χ4n) is 2.99. The maximum Gasteiger partial charge on any atom is 0.146 e. The normalized spacial score (nSPS) is 23.8. The smallest absolute Gasteiger partial charge is 0.146 e. The number of rotatable bonds is 3. The van der Waals surface area contributed by atoms with Crippen molar-refractivity contribution in [2.45, 2.75) is 31.3 Å². The fraction of sp³-hybridized carbons (Fsp3) is 0.600. The van der Waals surface area contributed by atoms with Crippen LogP contribution in [0.3, 0.4) is 0 Å². The number of aromatic nitrogens is 1. The van der Waals surface area contributed by atoms with Crippen LogP contribution in [0.15, 0.2) is 18.3 Å². The number of piperidine rings is 1. The van der Waals surface area contributed by atoms with Crippen LogP contribution in [0.25, 0.3) is 0 Å². The molecule has 20 heavy (non-hydrogen) atoms. The van der Waals surface area contributed by atoms with Gasteiger partial charge in [-0.1, -0.05) is 0 Å². The lowest BCUT2D eigenvalue weighted by Crippen LogP contribution is -2.46. The topological polar surface area (TPSA) is 52.0 Å². The van der Waals surface area contributed by atoms with Crippen LogP contribution >= 0.6 is 11.8 Å². The van der Waals surface area contributed by atoms with Crippen molar-refractivity contribution >= 4 is 17.6 Å². The molecule has 4 nitrogen and oxygen atoms in total. The molecule has 2 aliphatic heterocycles. The van der Waals surface area contributed by atoms with Crippen molar-refractivity contribution < 1.29 is 0 Å². The Labute approximate surface area is 124 Å². The number of hydrogen-bond donors (Lipinski definition) is 1. The summed E-state index contributed by atoms with van der Waals surface area (Å²) in [7, 11) is 0. The number of thioether (sulfide) groups is 1. The van der Waals surface area contributed by atoms with Crippen molar-refractivity contribution in [3.8, 4) is 6.07 Å². The minimum atomic E-state index is 0.629. The van der Waals surface area contributed by atoms with Crippen molar-refractivity contribution in [1.29, 1.82) is 5.26 Å². The molecule has 2 saturated heterocycles. The number of nitrogens with zero attached hydrogens (tertiary/aromatic N) is 3. The molecule has 0 aliphatic carbocycles. The molecule has 5 heteroatoms. The van der Waals surface area contributed by atoms with Gasteiger partial charge >= 0.3 is 0 Å². The van der Waals surface area contributed by atoms with Crippen molar-refractivity contribution in [2.24, 2.45) is 0 Å². The van der Waals surface area contributed by atoms with E-state index in [1.54, 1.807) is 6.20 Å². The third kappa shape index (κ3) is 3.08. The van der Waals surface area contributed by atoms with Crippen LogP contribution in [0, 0.1) is 11.3 Å². The standard InChI is InChI=1S/C15H20N4S/c16-10-12-2-1-6-17-15(12)19-7-3-13(4-8-19)18-14-5-9-20-11-14/h1-2,6,13-14,18H,3-5,7-9,11H2/t14-/m1/s1. The second kappa shape index (κ2) is 6.47. The summed E-state index contributed by atoms with van der Waals surface area (Å²) in [6.07, 6.45) is 5.37. The lowest BCUT2D eigenvalue weighted by molar-refractivity contribution is 0.378. The summed E-state index contributed by atoms with van der Waals surface area (Å²) in [5.74, 6) is 3.42. The molecule has 2 aliphatic rings. The molecule has 1 N–H and O–H groups in total. The van der Waals surface area contributed by atoms with Gasteiger partial charge in [0.1, 0.15) is 11.9 Å². The van der Waals surface area contributed by atoms with E-state index in [9.17, 15) is 0 Å². The summed E-state index contributed by atoms with van der Waals surface area (Å²) < 4.78 is 0. The summed E-state index contributed by atoms with van der Waals surface area (Å²) in [4.78, 5) is 6.63. The summed E-state index contributed by atoms with van der Waals surface area (Å²) in [6.45, 7) is 1.98. The fourth-order valence-corrected chi connectivity index (χ4v) is 4.16. The van der Waals surface area contributed by atoms with Gasteiger partial charge in [-0.3, -0.25) is 0 Å². The highest BCUT2D eigenvalue weighted by atomic mass is 32.2. The van der Waals surface area contributed by atoms with Crippen LogP contribution in [0.4, 0.5) is 5.82 Å². The maximum absolute atomic E-state index is 9.16. The van der Waals surface area contributed by atoms with Crippen LogP contribution in [-0.2, 0) is 0 Å². The Morgan fingerprint density at radius 2 is 2.15 bits per heavy atom. The van der Waals surface area contributed by atoms with E-state index in [1.807, 2.05) is 12.1 Å². The van der Waals surface area contributed by atoms with Crippen molar-refractivity contribution in [1.82, 2.24) is 10.3 Å². The third-order valence-electron chi connectivity index (χ3n) is 4.10. The highest BCUT2D eigenvalue weighted by Crippen LogP contribution is 2.23. The Hall–Kier alpha value is -1.25. The monoisotopic (exact) mass is 288 g/mol. The molecule has 1 aromatic heterocycles. The first kappa shape index (κ1) is 13.7. The third-order valence-corrected chi connectivity index (χ3v) is 5.27. The Kier molecular flexibility index (Phi) is 4.44. The molecule has 0 spiro atoms. The second-order valence-electron chi connectivity index (χ2n) is 5.47. The average molecular weight is 288 g/mol. The molecule has 0 saturated carbocycles. The Balaban J connectivity index is 1.56. The first-order valence-electron chi connectivity index (χ1n) is 7.30. The molecular weight excluding hydrogens is 268 g/mol. The van der Waals surface area contributed by atoms with Gasteiger partial charge < -0.3 is 10.2 Å². The van der Waals surface area contributed by atoms with Gasteiger partial charge in [0.2, 0.25) is 0 Å². The molecule has 3 rings (SSSR count). The first-order valence-corrected chi connectivity index (χ1v) is 8.46. The highest BCUT2D eigenvalue weighted by molar-refractivity contribution is 7.99. The van der Waals surface area contributed by atoms with Gasteiger partial charge in [0.15, 0.2) is 0 Å². The van der Waals surface area contributed by atoms with E-state index in [-0.39, 0.29) is 0 Å². The van der Waals surface area contributed by atoms with E-state index >= 15 is 0 Å². The van der Waals surface area contributed by atoms with E-state index in [4.69, 9.17) is 5.26 Å². The zero-order chi connectivity index (χ0) is 13.8. The largest absolute Gasteiger partial charge is 0.355 e. The zero-order valence-corrected chi connectivity index (χ0v) is 12.4. The summed E-state index contributed by atoms with van der Waals surface area (Å²) >= 11 is 2.05. The Morgan fingerprint density at radius 3 is 2.85 bits per heavy atom. The number of anilines is 1. The van der Waals surface area contributed by atoms with E-state index in [2.05, 4.69) is 33.0 Å². The summed E-state index contributed by atoms with van der Waals surface area (Å²) in [5, 5.41) is 12.9. The maximum atomic E-state index is 9.16. The van der Waals surface area contributed by atoms with Crippen LogP contribution in [-0.4, -0.2) is 41.7 Å². The number of hydrogen-bond acceptors (Lipinski definition) is 5. The van der Waals surface area contributed by atoms with Gasteiger partial charge in [0, 0.05) is 37.1 Å². The van der Waals surface area contributed by atoms with Gasteiger partial charge in [-0.05, 0) is 37.1 Å². The number of nitrogens with one attached hydrogen (secondary N) is 1. The molecule has 0 bridgehead atoms. The highest BCUT2D eigenvalue weighted by Gasteiger charge is 2.25. The van der Waals surface area contributed by atoms with Crippen LogP contribution in [0.5, 0.6) is 0 Å². The molecule has 1 atom stereocenters. The van der Waals surface area contributed by atoms with Crippen molar-refractivity contribution in [3.05, 3.63) is 23.9 Å². The first-order chi connectivity index (χ1) is 9.86. The molecule has 0 radical (unpaired) electrons. The SMILES string of the molecule is N#Cc1cccnc1N1CCC(N[C@@H]2CCSC2)CC1. The Morgan fingerprint density at radius 1 is 1.30 bits per heavy atom. The predicted octanol–water partition coefficient (Wildman–Crippen LogP) is 2.02. The van der Waals surface area contributed by atoms with Crippen molar-refractivity contribution in [3.63, 3.8) is 0 Å². The average Bonchev–Trinajstić information content (AvgIpc) is 3.01. The lowest BCUT2D eigenvalue weighted by Gasteiger charge is -2.34. The number of pyridine rings is 1. The molecular formula is C15H20N4S. The minimum absolute atomic E-state index is 0.629. The lowest BCUT2D eigenvalue weighted by atomic mass is 10.0. The molecule has 0 unspecified atom stereocenters.